The first-order valence-electron chi connectivity index (χ1n) is 8.91. The number of aromatic nitrogens is 3. The number of alkyl carbamates (subject to hydrolysis) is 1. The quantitative estimate of drug-likeness (QED) is 0.805. The molecular weight excluding hydrogens is 378 g/mol. The van der Waals surface area contributed by atoms with E-state index < -0.39 is 23.7 Å². The van der Waals surface area contributed by atoms with Gasteiger partial charge < -0.3 is 10.1 Å². The molecule has 1 fully saturated rings. The third kappa shape index (κ3) is 5.06. The zero-order chi connectivity index (χ0) is 19.8. The van der Waals surface area contributed by atoms with Gasteiger partial charge >= 0.3 is 6.09 Å². The first-order valence-corrected chi connectivity index (χ1v) is 9.28. The molecule has 0 saturated heterocycles. The number of carbonyl (C=O) groups is 1. The number of imidazole rings is 1. The predicted molar refractivity (Wildman–Crippen MR) is 97.0 cm³/mol. The van der Waals surface area contributed by atoms with Gasteiger partial charge in [-0.25, -0.2) is 23.1 Å². The summed E-state index contributed by atoms with van der Waals surface area (Å²) in [7, 11) is 0. The Morgan fingerprint density at radius 1 is 1.41 bits per heavy atom. The van der Waals surface area contributed by atoms with Crippen LogP contribution < -0.4 is 5.32 Å². The number of carbonyl (C=O) groups excluding carboxylic acids is 1. The van der Waals surface area contributed by atoms with Crippen LogP contribution in [0.15, 0.2) is 18.5 Å². The lowest BCUT2D eigenvalue weighted by Crippen LogP contribution is -2.40. The van der Waals surface area contributed by atoms with E-state index in [1.165, 1.54) is 6.20 Å². The van der Waals surface area contributed by atoms with Gasteiger partial charge in [0.25, 0.3) is 0 Å². The van der Waals surface area contributed by atoms with Gasteiger partial charge in [-0.1, -0.05) is 11.6 Å². The molecule has 0 spiro atoms. The van der Waals surface area contributed by atoms with Crippen LogP contribution in [0.2, 0.25) is 5.02 Å². The van der Waals surface area contributed by atoms with Gasteiger partial charge in [0.1, 0.15) is 5.60 Å². The molecule has 0 aromatic carbocycles. The van der Waals surface area contributed by atoms with Crippen molar-refractivity contribution < 1.29 is 18.3 Å². The van der Waals surface area contributed by atoms with Crippen LogP contribution in [-0.2, 0) is 4.74 Å². The van der Waals surface area contributed by atoms with Crippen LogP contribution in [0.3, 0.4) is 0 Å². The van der Waals surface area contributed by atoms with E-state index in [0.717, 1.165) is 0 Å². The highest BCUT2D eigenvalue weighted by Gasteiger charge is 2.39. The Morgan fingerprint density at radius 3 is 2.70 bits per heavy atom. The average Bonchev–Trinajstić information content (AvgIpc) is 2.94. The molecule has 148 valence electrons. The predicted octanol–water partition coefficient (Wildman–Crippen LogP) is 4.77. The fraction of sp³-hybridized carbons (Fsp3) is 0.611. The van der Waals surface area contributed by atoms with E-state index in [1.54, 1.807) is 37.5 Å². The second-order valence-corrected chi connectivity index (χ2v) is 8.40. The first kappa shape index (κ1) is 19.8. The fourth-order valence-corrected chi connectivity index (χ4v) is 3.43. The highest BCUT2D eigenvalue weighted by atomic mass is 35.5. The van der Waals surface area contributed by atoms with Gasteiger partial charge in [-0.3, -0.25) is 0 Å². The minimum atomic E-state index is -2.65. The van der Waals surface area contributed by atoms with Crippen LogP contribution in [0.1, 0.15) is 58.2 Å². The number of ether oxygens (including phenoxy) is 1. The Morgan fingerprint density at radius 2 is 2.07 bits per heavy atom. The fourth-order valence-electron chi connectivity index (χ4n) is 3.29. The Labute approximate surface area is 161 Å². The van der Waals surface area contributed by atoms with Crippen molar-refractivity contribution in [2.24, 2.45) is 5.92 Å². The van der Waals surface area contributed by atoms with Gasteiger partial charge in [0, 0.05) is 18.9 Å². The molecule has 0 bridgehead atoms. The van der Waals surface area contributed by atoms with Crippen LogP contribution >= 0.6 is 11.6 Å². The number of hydrogen-bond acceptors (Lipinski definition) is 4. The third-order valence-corrected chi connectivity index (χ3v) is 4.74. The van der Waals surface area contributed by atoms with Crippen molar-refractivity contribution in [3.63, 3.8) is 0 Å². The summed E-state index contributed by atoms with van der Waals surface area (Å²) in [5.74, 6) is -2.82. The molecule has 0 unspecified atom stereocenters. The molecule has 2 heterocycles. The highest BCUT2D eigenvalue weighted by molar-refractivity contribution is 6.30. The van der Waals surface area contributed by atoms with Gasteiger partial charge in [-0.15, -0.1) is 0 Å². The summed E-state index contributed by atoms with van der Waals surface area (Å²) in [6.45, 7) is 5.29. The maximum atomic E-state index is 13.6. The lowest BCUT2D eigenvalue weighted by Gasteiger charge is -2.33. The monoisotopic (exact) mass is 400 g/mol. The van der Waals surface area contributed by atoms with Gasteiger partial charge in [0.2, 0.25) is 5.92 Å². The van der Waals surface area contributed by atoms with Gasteiger partial charge in [0.05, 0.1) is 29.2 Å². The summed E-state index contributed by atoms with van der Waals surface area (Å²) in [5.41, 5.74) is 0.405. The minimum Gasteiger partial charge on any atom is -0.444 e. The number of fused-ring (bicyclic) bond motifs is 1. The summed E-state index contributed by atoms with van der Waals surface area (Å²) >= 11 is 5.96. The van der Waals surface area contributed by atoms with Crippen molar-refractivity contribution in [1.82, 2.24) is 19.9 Å². The number of rotatable bonds is 3. The number of nitrogens with one attached hydrogen (secondary N) is 1. The average molecular weight is 401 g/mol. The van der Waals surface area contributed by atoms with Crippen LogP contribution in [0.25, 0.3) is 5.65 Å². The molecular formula is C18H23ClF2N4O2. The van der Waals surface area contributed by atoms with Gasteiger partial charge in [-0.05, 0) is 39.5 Å². The Bertz CT molecular complexity index is 824. The molecule has 1 atom stereocenters. The number of alkyl halides is 2. The number of nitrogens with zero attached hydrogens (tertiary/aromatic N) is 3. The van der Waals surface area contributed by atoms with Crippen LogP contribution in [-0.4, -0.2) is 32.2 Å². The maximum absolute atomic E-state index is 13.6. The molecule has 1 N–H and O–H groups in total. The summed E-state index contributed by atoms with van der Waals surface area (Å²) in [6, 6.07) is 1.11. The molecule has 9 heteroatoms. The highest BCUT2D eigenvalue weighted by Crippen LogP contribution is 2.41. The standard InChI is InChI=1S/C18H23ClF2N4O2/c1-17(2,3)27-16(26)24-15(11-4-6-18(20,21)7-5-11)13-10-25-14(23-13)8-12(19)9-22-25/h8-11,15H,4-7H2,1-3H3,(H,24,26)/t15-/m0/s1. The first-order chi connectivity index (χ1) is 12.5. The molecule has 3 rings (SSSR count). The summed E-state index contributed by atoms with van der Waals surface area (Å²) in [4.78, 5) is 16.8. The van der Waals surface area contributed by atoms with Crippen LogP contribution in [0, 0.1) is 5.92 Å². The van der Waals surface area contributed by atoms with Crippen LogP contribution in [0.4, 0.5) is 13.6 Å². The molecule has 2 aromatic rings. The van der Waals surface area contributed by atoms with Crippen LogP contribution in [0.5, 0.6) is 0 Å². The summed E-state index contributed by atoms with van der Waals surface area (Å²) in [6.07, 6.45) is 2.72. The normalized spacial score (nSPS) is 19.0. The van der Waals surface area contributed by atoms with Crippen molar-refractivity contribution >= 4 is 23.3 Å². The summed E-state index contributed by atoms with van der Waals surface area (Å²) in [5, 5.41) is 7.41. The largest absolute Gasteiger partial charge is 0.444 e. The second kappa shape index (κ2) is 7.22. The Kier molecular flexibility index (Phi) is 5.29. The Balaban J connectivity index is 1.87. The molecule has 0 aliphatic heterocycles. The van der Waals surface area contributed by atoms with Crippen molar-refractivity contribution in [2.45, 2.75) is 64.0 Å². The van der Waals surface area contributed by atoms with E-state index in [2.05, 4.69) is 15.4 Å². The van der Waals surface area contributed by atoms with E-state index in [0.29, 0.717) is 16.4 Å². The molecule has 6 nitrogen and oxygen atoms in total. The number of hydrogen-bond donors (Lipinski definition) is 1. The topological polar surface area (TPSA) is 68.5 Å². The number of amides is 1. The molecule has 1 amide bonds. The SMILES string of the molecule is CC(C)(C)OC(=O)N[C@H](c1cn2ncc(Cl)cc2n1)C1CCC(F)(F)CC1. The molecule has 1 saturated carbocycles. The van der Waals surface area contributed by atoms with Crippen molar-refractivity contribution in [2.75, 3.05) is 0 Å². The van der Waals surface area contributed by atoms with E-state index in [1.807, 2.05) is 0 Å². The lowest BCUT2D eigenvalue weighted by atomic mass is 9.81. The minimum absolute atomic E-state index is 0.169. The third-order valence-electron chi connectivity index (χ3n) is 4.53. The number of halogens is 3. The zero-order valence-electron chi connectivity index (χ0n) is 15.5. The van der Waals surface area contributed by atoms with E-state index in [-0.39, 0.29) is 31.6 Å². The van der Waals surface area contributed by atoms with Gasteiger partial charge in [-0.2, -0.15) is 5.10 Å². The van der Waals surface area contributed by atoms with Crippen molar-refractivity contribution in [3.05, 3.63) is 29.2 Å². The van der Waals surface area contributed by atoms with E-state index >= 15 is 0 Å². The maximum Gasteiger partial charge on any atom is 0.408 e. The second-order valence-electron chi connectivity index (χ2n) is 7.96. The van der Waals surface area contributed by atoms with E-state index in [9.17, 15) is 13.6 Å². The lowest BCUT2D eigenvalue weighted by molar-refractivity contribution is -0.0500. The van der Waals surface area contributed by atoms with Gasteiger partial charge in [0.15, 0.2) is 5.65 Å². The summed E-state index contributed by atoms with van der Waals surface area (Å²) < 4.78 is 34.1. The zero-order valence-corrected chi connectivity index (χ0v) is 16.3. The molecule has 27 heavy (non-hydrogen) atoms. The van der Waals surface area contributed by atoms with Crippen molar-refractivity contribution in [1.29, 1.82) is 0 Å². The molecule has 0 radical (unpaired) electrons. The Hall–Kier alpha value is -1.96. The van der Waals surface area contributed by atoms with E-state index in [4.69, 9.17) is 16.3 Å². The van der Waals surface area contributed by atoms with Crippen molar-refractivity contribution in [3.8, 4) is 0 Å². The smallest absolute Gasteiger partial charge is 0.408 e. The molecule has 1 aliphatic carbocycles. The molecule has 1 aliphatic rings. The molecule has 2 aromatic heterocycles.